The van der Waals surface area contributed by atoms with Crippen LogP contribution in [-0.4, -0.2) is 46.5 Å². The Morgan fingerprint density at radius 2 is 1.82 bits per heavy atom. The number of aliphatic hydroxyl groups excluding tert-OH is 1. The molecule has 1 unspecified atom stereocenters. The van der Waals surface area contributed by atoms with Crippen molar-refractivity contribution in [3.05, 3.63) is 96.3 Å². The highest BCUT2D eigenvalue weighted by Crippen LogP contribution is 2.35. The first-order valence-corrected chi connectivity index (χ1v) is 13.4. The van der Waals surface area contributed by atoms with E-state index >= 15 is 4.39 Å². The summed E-state index contributed by atoms with van der Waals surface area (Å²) in [5.74, 6) is -0.136. The van der Waals surface area contributed by atoms with Gasteiger partial charge in [0.2, 0.25) is 0 Å². The lowest BCUT2D eigenvalue weighted by Crippen LogP contribution is -2.21. The number of pyridine rings is 3. The Labute approximate surface area is 230 Å². The molecule has 6 heterocycles. The summed E-state index contributed by atoms with van der Waals surface area (Å²) in [7, 11) is 0. The quantitative estimate of drug-likeness (QED) is 0.185. The van der Waals surface area contributed by atoms with Crippen molar-refractivity contribution in [2.45, 2.75) is 12.6 Å². The van der Waals surface area contributed by atoms with E-state index in [-0.39, 0.29) is 11.1 Å². The second-order valence-corrected chi connectivity index (χ2v) is 10.2. The van der Waals surface area contributed by atoms with Gasteiger partial charge in [-0.05, 0) is 23.1 Å². The largest absolute Gasteiger partial charge is 0.373 e. The van der Waals surface area contributed by atoms with Crippen LogP contribution >= 0.6 is 11.3 Å². The van der Waals surface area contributed by atoms with Crippen LogP contribution in [0.25, 0.3) is 55.2 Å². The number of benzene rings is 1. The van der Waals surface area contributed by atoms with Crippen molar-refractivity contribution in [3.63, 3.8) is 0 Å². The van der Waals surface area contributed by atoms with E-state index in [2.05, 4.69) is 35.5 Å². The molecule has 4 N–H and O–H groups in total. The Morgan fingerprint density at radius 1 is 0.950 bits per heavy atom. The van der Waals surface area contributed by atoms with E-state index in [0.29, 0.717) is 34.7 Å². The average molecular weight is 549 g/mol. The number of thiophene rings is 1. The molecule has 1 aromatic carbocycles. The number of aromatic amines is 2. The van der Waals surface area contributed by atoms with Crippen molar-refractivity contribution in [3.8, 4) is 33.2 Å². The summed E-state index contributed by atoms with van der Waals surface area (Å²) in [6.45, 7) is 0. The van der Waals surface area contributed by atoms with E-state index in [1.54, 1.807) is 36.0 Å². The number of H-pyrrole nitrogens is 2. The molecule has 9 nitrogen and oxygen atoms in total. The SMILES string of the molecule is OC(Cc1ccccc1)Nc1cncc(-c2ncc3[nH]nc(-c4nc5c(-c6cccs6)cncc5[nH]4)c3c2F)c1. The maximum atomic E-state index is 16.1. The lowest BCUT2D eigenvalue weighted by Gasteiger charge is -2.15. The molecule has 0 aliphatic heterocycles. The van der Waals surface area contributed by atoms with Crippen LogP contribution in [0.5, 0.6) is 0 Å². The monoisotopic (exact) mass is 548 g/mol. The fraction of sp³-hybridized carbons (Fsp3) is 0.0690. The summed E-state index contributed by atoms with van der Waals surface area (Å²) in [5.41, 5.74) is 5.22. The van der Waals surface area contributed by atoms with Crippen LogP contribution in [0.2, 0.25) is 0 Å². The number of anilines is 1. The van der Waals surface area contributed by atoms with Crippen LogP contribution < -0.4 is 5.32 Å². The smallest absolute Gasteiger partial charge is 0.161 e. The molecule has 0 aliphatic carbocycles. The second-order valence-electron chi connectivity index (χ2n) is 9.24. The summed E-state index contributed by atoms with van der Waals surface area (Å²) in [4.78, 5) is 22.0. The van der Waals surface area contributed by atoms with E-state index in [1.165, 1.54) is 12.4 Å². The van der Waals surface area contributed by atoms with Gasteiger partial charge in [-0.25, -0.2) is 9.37 Å². The summed E-state index contributed by atoms with van der Waals surface area (Å²) >= 11 is 1.60. The molecule has 1 atom stereocenters. The fourth-order valence-electron chi connectivity index (χ4n) is 4.73. The molecule has 40 heavy (non-hydrogen) atoms. The fourth-order valence-corrected chi connectivity index (χ4v) is 5.47. The summed E-state index contributed by atoms with van der Waals surface area (Å²) in [6, 6.07) is 15.3. The van der Waals surface area contributed by atoms with E-state index in [0.717, 1.165) is 27.0 Å². The molecule has 0 spiro atoms. The third-order valence-corrected chi connectivity index (χ3v) is 7.47. The maximum absolute atomic E-state index is 16.1. The van der Waals surface area contributed by atoms with Gasteiger partial charge in [0.25, 0.3) is 0 Å². The van der Waals surface area contributed by atoms with Gasteiger partial charge >= 0.3 is 0 Å². The standard InChI is InChI=1S/C29H21FN8OS/c30-25-24-20(37-38-28(24)29-35-21-14-32-13-19(27(21)36-29)22-7-4-8-40-22)15-33-26(25)17-10-18(12-31-11-17)34-23(39)9-16-5-2-1-3-6-16/h1-8,10-15,23,34,39H,9H2,(H,35,36)(H,37,38). The Morgan fingerprint density at radius 3 is 2.67 bits per heavy atom. The third kappa shape index (κ3) is 4.36. The van der Waals surface area contributed by atoms with Crippen molar-refractivity contribution in [2.75, 3.05) is 5.32 Å². The molecule has 7 aromatic rings. The van der Waals surface area contributed by atoms with Gasteiger partial charge in [0.15, 0.2) is 11.6 Å². The molecule has 196 valence electrons. The molecule has 11 heteroatoms. The summed E-state index contributed by atoms with van der Waals surface area (Å²) in [5, 5.41) is 23.0. The molecule has 7 rings (SSSR count). The van der Waals surface area contributed by atoms with Crippen LogP contribution in [0.1, 0.15) is 5.56 Å². The van der Waals surface area contributed by atoms with Gasteiger partial charge in [0.05, 0.1) is 40.7 Å². The summed E-state index contributed by atoms with van der Waals surface area (Å²) < 4.78 is 16.1. The molecule has 6 aromatic heterocycles. The number of halogens is 1. The highest BCUT2D eigenvalue weighted by atomic mass is 32.1. The first-order valence-electron chi connectivity index (χ1n) is 12.5. The number of aromatic nitrogens is 7. The number of fused-ring (bicyclic) bond motifs is 2. The lowest BCUT2D eigenvalue weighted by atomic mass is 10.1. The highest BCUT2D eigenvalue weighted by molar-refractivity contribution is 7.13. The van der Waals surface area contributed by atoms with Crippen molar-refractivity contribution in [2.24, 2.45) is 0 Å². The number of nitrogens with zero attached hydrogens (tertiary/aromatic N) is 5. The van der Waals surface area contributed by atoms with Gasteiger partial charge in [-0.15, -0.1) is 11.3 Å². The Kier molecular flexibility index (Phi) is 5.99. The predicted molar refractivity (Wildman–Crippen MR) is 153 cm³/mol. The Hall–Kier alpha value is -5.00. The third-order valence-electron chi connectivity index (χ3n) is 6.57. The highest BCUT2D eigenvalue weighted by Gasteiger charge is 2.21. The molecular weight excluding hydrogens is 527 g/mol. The molecule has 0 aliphatic rings. The second kappa shape index (κ2) is 9.95. The molecule has 0 fully saturated rings. The van der Waals surface area contributed by atoms with E-state index in [1.807, 2.05) is 47.8 Å². The van der Waals surface area contributed by atoms with Gasteiger partial charge in [-0.3, -0.25) is 20.1 Å². The predicted octanol–water partition coefficient (Wildman–Crippen LogP) is 5.80. The van der Waals surface area contributed by atoms with Gasteiger partial charge in [-0.1, -0.05) is 36.4 Å². The van der Waals surface area contributed by atoms with Crippen molar-refractivity contribution < 1.29 is 9.50 Å². The van der Waals surface area contributed by atoms with E-state index < -0.39 is 12.0 Å². The van der Waals surface area contributed by atoms with Gasteiger partial charge in [0.1, 0.15) is 23.1 Å². The number of rotatable bonds is 7. The van der Waals surface area contributed by atoms with Gasteiger partial charge in [0, 0.05) is 34.8 Å². The van der Waals surface area contributed by atoms with Crippen LogP contribution in [0, 0.1) is 5.82 Å². The van der Waals surface area contributed by atoms with Gasteiger partial charge in [-0.2, -0.15) is 5.10 Å². The topological polar surface area (TPSA) is 128 Å². The summed E-state index contributed by atoms with van der Waals surface area (Å²) in [6.07, 6.45) is 7.67. The minimum atomic E-state index is -0.846. The van der Waals surface area contributed by atoms with Gasteiger partial charge < -0.3 is 15.4 Å². The lowest BCUT2D eigenvalue weighted by molar-refractivity contribution is 0.204. The van der Waals surface area contributed by atoms with E-state index in [4.69, 9.17) is 4.98 Å². The zero-order valence-electron chi connectivity index (χ0n) is 20.8. The number of imidazole rings is 1. The number of hydrogen-bond acceptors (Lipinski definition) is 8. The number of hydrogen-bond donors (Lipinski definition) is 4. The zero-order chi connectivity index (χ0) is 27.1. The van der Waals surface area contributed by atoms with Crippen LogP contribution in [0.4, 0.5) is 10.1 Å². The molecule has 0 saturated carbocycles. The number of nitrogens with one attached hydrogen (secondary N) is 3. The van der Waals surface area contributed by atoms with Crippen molar-refractivity contribution >= 4 is 39.0 Å². The average Bonchev–Trinajstić information content (AvgIpc) is 3.73. The maximum Gasteiger partial charge on any atom is 0.161 e. The first-order chi connectivity index (χ1) is 19.6. The Balaban J connectivity index is 1.24. The van der Waals surface area contributed by atoms with E-state index in [9.17, 15) is 5.11 Å². The first kappa shape index (κ1) is 24.1. The zero-order valence-corrected chi connectivity index (χ0v) is 21.7. The van der Waals surface area contributed by atoms with Crippen LogP contribution in [0.3, 0.4) is 0 Å². The van der Waals surface area contributed by atoms with Crippen molar-refractivity contribution in [1.82, 2.24) is 35.1 Å². The molecule has 0 radical (unpaired) electrons. The Bertz CT molecular complexity index is 1950. The minimum absolute atomic E-state index is 0.112. The molecule has 0 saturated heterocycles. The van der Waals surface area contributed by atoms with Crippen LogP contribution in [-0.2, 0) is 6.42 Å². The molecular formula is C29H21FN8OS. The molecule has 0 bridgehead atoms. The van der Waals surface area contributed by atoms with Crippen molar-refractivity contribution in [1.29, 1.82) is 0 Å². The minimum Gasteiger partial charge on any atom is -0.373 e. The number of aliphatic hydroxyl groups is 1. The van der Waals surface area contributed by atoms with Crippen LogP contribution in [0.15, 0.2) is 84.9 Å². The molecule has 0 amide bonds. The normalized spacial score (nSPS) is 12.2.